The molecule has 0 amide bonds. The van der Waals surface area contributed by atoms with Gasteiger partial charge in [0.1, 0.15) is 23.6 Å². The first-order chi connectivity index (χ1) is 14.4. The second-order valence-electron chi connectivity index (χ2n) is 6.32. The van der Waals surface area contributed by atoms with Crippen molar-refractivity contribution in [3.63, 3.8) is 0 Å². The lowest BCUT2D eigenvalue weighted by atomic mass is 10.0. The van der Waals surface area contributed by atoms with Crippen molar-refractivity contribution in [1.82, 2.24) is 5.01 Å². The molecule has 30 heavy (non-hydrogen) atoms. The lowest BCUT2D eigenvalue weighted by Gasteiger charge is -2.42. The molecule has 0 N–H and O–H groups in total. The fourth-order valence-electron chi connectivity index (χ4n) is 3.52. The molecule has 2 aromatic rings. The monoisotopic (exact) mass is 440 g/mol. The number of esters is 2. The van der Waals surface area contributed by atoms with Crippen LogP contribution < -0.4 is 0 Å². The van der Waals surface area contributed by atoms with E-state index < -0.39 is 44.4 Å². The summed E-state index contributed by atoms with van der Waals surface area (Å²) >= 11 is 0. The lowest BCUT2D eigenvalue weighted by molar-refractivity contribution is -0.147. The smallest absolute Gasteiger partial charge is 0.327 e. The highest BCUT2D eigenvalue weighted by molar-refractivity contribution is 7.94. The van der Waals surface area contributed by atoms with Crippen LogP contribution in [0.2, 0.25) is 0 Å². The van der Waals surface area contributed by atoms with Crippen LogP contribution in [0, 0.1) is 4.91 Å². The normalized spacial score (nSPS) is 25.5. The summed E-state index contributed by atoms with van der Waals surface area (Å²) < 4.78 is 47.6. The van der Waals surface area contributed by atoms with Gasteiger partial charge in [0.2, 0.25) is 0 Å². The van der Waals surface area contributed by atoms with Crippen LogP contribution in [0.15, 0.2) is 50.9 Å². The molecule has 2 aromatic heterocycles. The third-order valence-corrected chi connectivity index (χ3v) is 6.97. The number of rotatable bonds is 7. The number of hydrogen-bond donors (Lipinski definition) is 0. The summed E-state index contributed by atoms with van der Waals surface area (Å²) in [7, 11) is -4.61. The van der Waals surface area contributed by atoms with Gasteiger partial charge in [-0.05, 0) is 38.1 Å². The van der Waals surface area contributed by atoms with Gasteiger partial charge in [-0.15, -0.1) is 4.91 Å². The Balaban J connectivity index is 2.26. The van der Waals surface area contributed by atoms with E-state index in [2.05, 4.69) is 5.29 Å². The van der Waals surface area contributed by atoms with E-state index in [4.69, 9.17) is 18.3 Å². The van der Waals surface area contributed by atoms with E-state index in [1.165, 1.54) is 50.6 Å². The summed E-state index contributed by atoms with van der Waals surface area (Å²) in [6.07, 6.45) is 2.51. The Bertz CT molecular complexity index is 915. The molecular weight excluding hydrogens is 420 g/mol. The molecule has 4 unspecified atom stereocenters. The molecule has 0 aliphatic carbocycles. The predicted molar refractivity (Wildman–Crippen MR) is 100 cm³/mol. The van der Waals surface area contributed by atoms with Crippen LogP contribution in [0.4, 0.5) is 0 Å². The number of hydrogen-bond acceptors (Lipinski definition) is 10. The van der Waals surface area contributed by atoms with Crippen LogP contribution in [0.3, 0.4) is 0 Å². The summed E-state index contributed by atoms with van der Waals surface area (Å²) in [5.41, 5.74) is 0. The van der Waals surface area contributed by atoms with Gasteiger partial charge in [-0.25, -0.2) is 13.4 Å². The molecule has 1 aliphatic rings. The summed E-state index contributed by atoms with van der Waals surface area (Å²) in [5.74, 6) is -2.32. The van der Waals surface area contributed by atoms with Gasteiger partial charge in [-0.2, -0.15) is 0 Å². The third-order valence-electron chi connectivity index (χ3n) is 4.65. The van der Waals surface area contributed by atoms with Crippen LogP contribution in [0.5, 0.6) is 0 Å². The molecule has 3 heterocycles. The van der Waals surface area contributed by atoms with Crippen LogP contribution in [-0.4, -0.2) is 49.1 Å². The number of nitroso groups, excluding NO2 is 1. The Labute approximate surface area is 171 Å². The average molecular weight is 440 g/mol. The Morgan fingerprint density at radius 1 is 0.967 bits per heavy atom. The van der Waals surface area contributed by atoms with Gasteiger partial charge < -0.3 is 18.3 Å². The maximum absolute atomic E-state index is 13.6. The molecule has 0 saturated carbocycles. The lowest BCUT2D eigenvalue weighted by Crippen LogP contribution is -2.59. The molecule has 11 nitrogen and oxygen atoms in total. The van der Waals surface area contributed by atoms with Gasteiger partial charge in [-0.1, -0.05) is 0 Å². The molecule has 4 atom stereocenters. The van der Waals surface area contributed by atoms with Crippen molar-refractivity contribution in [2.45, 2.75) is 36.4 Å². The number of ether oxygens (including phenoxy) is 2. The summed E-state index contributed by atoms with van der Waals surface area (Å²) in [6.45, 7) is 2.77. The van der Waals surface area contributed by atoms with Gasteiger partial charge in [0.25, 0.3) is 0 Å². The van der Waals surface area contributed by atoms with Crippen molar-refractivity contribution >= 4 is 21.8 Å². The standard InChI is InChI=1S/C18H20N2O9S/c1-3-26-17(21)15-13(11-7-5-9-28-11)20(19-23)14(12-8-6-10-29-12)16(30(15,24)25)18(22)27-4-2/h5-10,13-16H,3-4H2,1-2H3. The highest BCUT2D eigenvalue weighted by atomic mass is 32.2. The molecule has 0 aromatic carbocycles. The van der Waals surface area contributed by atoms with Crippen molar-refractivity contribution in [2.75, 3.05) is 13.2 Å². The number of carbonyl (C=O) groups is 2. The van der Waals surface area contributed by atoms with Crippen LogP contribution in [-0.2, 0) is 28.9 Å². The molecule has 12 heteroatoms. The number of nitrogens with zero attached hydrogens (tertiary/aromatic N) is 2. The molecular formula is C18H20N2O9S. The molecule has 0 bridgehead atoms. The number of sulfone groups is 1. The number of furan rings is 2. The highest BCUT2D eigenvalue weighted by Crippen LogP contribution is 2.46. The van der Waals surface area contributed by atoms with Gasteiger partial charge in [-0.3, -0.25) is 9.59 Å². The topological polar surface area (TPSA) is 146 Å². The summed E-state index contributed by atoms with van der Waals surface area (Å²) in [4.78, 5) is 37.3. The van der Waals surface area contributed by atoms with Gasteiger partial charge in [0.15, 0.2) is 20.3 Å². The molecule has 1 saturated heterocycles. The Morgan fingerprint density at radius 2 is 1.40 bits per heavy atom. The zero-order valence-electron chi connectivity index (χ0n) is 16.2. The van der Waals surface area contributed by atoms with E-state index in [1.54, 1.807) is 0 Å². The minimum absolute atomic E-state index is 0.0184. The van der Waals surface area contributed by atoms with Gasteiger partial charge in [0, 0.05) is 0 Å². The quantitative estimate of drug-likeness (QED) is 0.462. The minimum Gasteiger partial charge on any atom is -0.467 e. The largest absolute Gasteiger partial charge is 0.467 e. The van der Waals surface area contributed by atoms with Crippen molar-refractivity contribution < 1.29 is 36.3 Å². The molecule has 3 rings (SSSR count). The van der Waals surface area contributed by atoms with E-state index in [1.807, 2.05) is 0 Å². The van der Waals surface area contributed by atoms with E-state index in [0.29, 0.717) is 0 Å². The van der Waals surface area contributed by atoms with E-state index in [-0.39, 0.29) is 24.7 Å². The average Bonchev–Trinajstić information content (AvgIpc) is 3.40. The molecule has 1 aliphatic heterocycles. The molecule has 0 radical (unpaired) electrons. The van der Waals surface area contributed by atoms with Gasteiger partial charge >= 0.3 is 11.9 Å². The van der Waals surface area contributed by atoms with Crippen LogP contribution >= 0.6 is 0 Å². The second kappa shape index (κ2) is 8.69. The molecule has 162 valence electrons. The first-order valence-corrected chi connectivity index (χ1v) is 10.7. The Kier molecular flexibility index (Phi) is 6.25. The van der Waals surface area contributed by atoms with Crippen molar-refractivity contribution in [1.29, 1.82) is 0 Å². The van der Waals surface area contributed by atoms with Gasteiger partial charge in [0.05, 0.1) is 31.0 Å². The second-order valence-corrected chi connectivity index (χ2v) is 8.51. The first kappa shape index (κ1) is 21.6. The summed E-state index contributed by atoms with van der Waals surface area (Å²) in [6, 6.07) is 2.76. The van der Waals surface area contributed by atoms with E-state index in [9.17, 15) is 22.9 Å². The van der Waals surface area contributed by atoms with Crippen molar-refractivity contribution in [3.05, 3.63) is 53.2 Å². The van der Waals surface area contributed by atoms with Crippen molar-refractivity contribution in [3.8, 4) is 0 Å². The maximum atomic E-state index is 13.6. The molecule has 1 fully saturated rings. The third kappa shape index (κ3) is 3.58. The zero-order valence-corrected chi connectivity index (χ0v) is 17.0. The SMILES string of the molecule is CCOC(=O)C1C(c2ccco2)N(N=O)C(c2ccco2)C(C(=O)OCC)S1(=O)=O. The molecule has 0 spiro atoms. The van der Waals surface area contributed by atoms with Crippen LogP contribution in [0.1, 0.15) is 37.5 Å². The first-order valence-electron chi connectivity index (χ1n) is 9.12. The maximum Gasteiger partial charge on any atom is 0.327 e. The minimum atomic E-state index is -4.61. The fourth-order valence-corrected chi connectivity index (χ4v) is 5.75. The van der Waals surface area contributed by atoms with E-state index in [0.717, 1.165) is 5.01 Å². The fraction of sp³-hybridized carbons (Fsp3) is 0.444. The Hall–Kier alpha value is -3.15. The predicted octanol–water partition coefficient (Wildman–Crippen LogP) is 1.93. The summed E-state index contributed by atoms with van der Waals surface area (Å²) in [5, 5.41) is -0.177. The number of carbonyl (C=O) groups excluding carboxylic acids is 2. The highest BCUT2D eigenvalue weighted by Gasteiger charge is 2.62. The Morgan fingerprint density at radius 3 is 1.70 bits per heavy atom. The zero-order chi connectivity index (χ0) is 21.9. The van der Waals surface area contributed by atoms with Crippen LogP contribution in [0.25, 0.3) is 0 Å². The van der Waals surface area contributed by atoms with E-state index >= 15 is 0 Å². The van der Waals surface area contributed by atoms with Crippen molar-refractivity contribution in [2.24, 2.45) is 5.29 Å².